The molecule has 1 aromatic heterocycles. The number of benzene rings is 1. The number of H-pyrrole nitrogens is 1. The first-order chi connectivity index (χ1) is 9.02. The molecule has 0 bridgehead atoms. The van der Waals surface area contributed by atoms with Gasteiger partial charge in [-0.2, -0.15) is 5.10 Å². The van der Waals surface area contributed by atoms with Gasteiger partial charge >= 0.3 is 0 Å². The minimum absolute atomic E-state index is 0.0733. The lowest BCUT2D eigenvalue weighted by Crippen LogP contribution is -2.12. The number of carbonyl (C=O) groups excluding carboxylic acids is 1. The van der Waals surface area contributed by atoms with Crippen molar-refractivity contribution in [1.82, 2.24) is 10.2 Å². The minimum Gasteiger partial charge on any atom is -0.504 e. The number of methoxy groups -OCH3 is 1. The van der Waals surface area contributed by atoms with Crippen molar-refractivity contribution < 1.29 is 14.6 Å². The van der Waals surface area contributed by atoms with Crippen molar-refractivity contribution in [3.63, 3.8) is 0 Å². The maximum absolute atomic E-state index is 12.1. The first-order valence-corrected chi connectivity index (χ1v) is 5.73. The van der Waals surface area contributed by atoms with E-state index in [2.05, 4.69) is 15.5 Å². The molecule has 3 N–H and O–H groups in total. The molecule has 0 radical (unpaired) electrons. The number of phenols is 1. The largest absolute Gasteiger partial charge is 0.504 e. The Morgan fingerprint density at radius 3 is 2.68 bits per heavy atom. The summed E-state index contributed by atoms with van der Waals surface area (Å²) in [6.45, 7) is 3.62. The van der Waals surface area contributed by atoms with Crippen LogP contribution >= 0.6 is 0 Å². The number of ether oxygens (including phenoxy) is 1. The molecule has 100 valence electrons. The Morgan fingerprint density at radius 1 is 1.42 bits per heavy atom. The number of phenolic OH excluding ortho intramolecular Hbond substituents is 1. The zero-order chi connectivity index (χ0) is 14.0. The number of hydrogen-bond acceptors (Lipinski definition) is 4. The highest BCUT2D eigenvalue weighted by molar-refractivity contribution is 6.05. The summed E-state index contributed by atoms with van der Waals surface area (Å²) in [7, 11) is 1.45. The number of amides is 1. The molecule has 0 spiro atoms. The fraction of sp³-hybridized carbons (Fsp3) is 0.231. The lowest BCUT2D eigenvalue weighted by Gasteiger charge is -2.07. The molecular weight excluding hydrogens is 246 g/mol. The number of aromatic amines is 1. The molecule has 1 amide bonds. The highest BCUT2D eigenvalue weighted by Crippen LogP contribution is 2.27. The Kier molecular flexibility index (Phi) is 3.41. The number of nitrogens with one attached hydrogen (secondary N) is 2. The van der Waals surface area contributed by atoms with Gasteiger partial charge in [0, 0.05) is 5.56 Å². The Labute approximate surface area is 110 Å². The van der Waals surface area contributed by atoms with Crippen molar-refractivity contribution in [3.05, 3.63) is 35.2 Å². The molecule has 6 nitrogen and oxygen atoms in total. The van der Waals surface area contributed by atoms with Gasteiger partial charge < -0.3 is 15.2 Å². The molecule has 0 aliphatic rings. The highest BCUT2D eigenvalue weighted by atomic mass is 16.5. The number of aryl methyl sites for hydroxylation is 2. The predicted molar refractivity (Wildman–Crippen MR) is 70.7 cm³/mol. The van der Waals surface area contributed by atoms with Crippen molar-refractivity contribution in [1.29, 1.82) is 0 Å². The number of aromatic hydroxyl groups is 1. The maximum Gasteiger partial charge on any atom is 0.255 e. The third kappa shape index (κ3) is 2.52. The fourth-order valence-electron chi connectivity index (χ4n) is 1.75. The quantitative estimate of drug-likeness (QED) is 0.788. The van der Waals surface area contributed by atoms with Crippen molar-refractivity contribution in [3.8, 4) is 11.5 Å². The molecule has 2 rings (SSSR count). The fourth-order valence-corrected chi connectivity index (χ4v) is 1.75. The van der Waals surface area contributed by atoms with Gasteiger partial charge in [-0.1, -0.05) is 0 Å². The number of hydrogen-bond donors (Lipinski definition) is 3. The minimum atomic E-state index is -0.314. The van der Waals surface area contributed by atoms with Gasteiger partial charge in [0.05, 0.1) is 24.2 Å². The summed E-state index contributed by atoms with van der Waals surface area (Å²) in [4.78, 5) is 12.1. The lowest BCUT2D eigenvalue weighted by molar-refractivity contribution is 0.102. The van der Waals surface area contributed by atoms with Crippen molar-refractivity contribution in [2.45, 2.75) is 13.8 Å². The van der Waals surface area contributed by atoms with E-state index < -0.39 is 0 Å². The first kappa shape index (κ1) is 12.9. The van der Waals surface area contributed by atoms with Gasteiger partial charge in [-0.25, -0.2) is 0 Å². The second-order valence-electron chi connectivity index (χ2n) is 4.15. The summed E-state index contributed by atoms with van der Waals surface area (Å²) in [6.07, 6.45) is 0. The standard InChI is InChI=1S/C13H15N3O3/c1-7-12(8(2)16-15-7)14-13(18)9-4-5-11(19-3)10(17)6-9/h4-6,17H,1-3H3,(H,14,18)(H,15,16). The van der Waals surface area contributed by atoms with Crippen LogP contribution in [0.3, 0.4) is 0 Å². The molecule has 2 aromatic rings. The molecule has 0 saturated carbocycles. The average molecular weight is 261 g/mol. The van der Waals surface area contributed by atoms with E-state index in [9.17, 15) is 9.90 Å². The predicted octanol–water partition coefficient (Wildman–Crippen LogP) is 1.99. The molecular formula is C13H15N3O3. The molecule has 0 atom stereocenters. The van der Waals surface area contributed by atoms with Crippen molar-refractivity contribution >= 4 is 11.6 Å². The smallest absolute Gasteiger partial charge is 0.255 e. The summed E-state index contributed by atoms with van der Waals surface area (Å²) in [5.41, 5.74) is 2.49. The van der Waals surface area contributed by atoms with E-state index in [1.54, 1.807) is 19.1 Å². The maximum atomic E-state index is 12.1. The van der Waals surface area contributed by atoms with Gasteiger partial charge in [-0.05, 0) is 32.0 Å². The summed E-state index contributed by atoms with van der Waals surface area (Å²) in [5, 5.41) is 19.2. The molecule has 1 aromatic carbocycles. The number of nitrogens with zero attached hydrogens (tertiary/aromatic N) is 1. The van der Waals surface area contributed by atoms with Crippen LogP contribution in [0.1, 0.15) is 21.7 Å². The highest BCUT2D eigenvalue weighted by Gasteiger charge is 2.13. The zero-order valence-electron chi connectivity index (χ0n) is 10.9. The van der Waals surface area contributed by atoms with Crippen LogP contribution in [0.4, 0.5) is 5.69 Å². The monoisotopic (exact) mass is 261 g/mol. The van der Waals surface area contributed by atoms with Crippen molar-refractivity contribution in [2.24, 2.45) is 0 Å². The van der Waals surface area contributed by atoms with E-state index >= 15 is 0 Å². The number of anilines is 1. The van der Waals surface area contributed by atoms with Gasteiger partial charge in [0.2, 0.25) is 0 Å². The summed E-state index contributed by atoms with van der Waals surface area (Å²) in [6, 6.07) is 4.48. The second-order valence-corrected chi connectivity index (χ2v) is 4.15. The van der Waals surface area contributed by atoms with Gasteiger partial charge in [-0.3, -0.25) is 9.89 Å². The van der Waals surface area contributed by atoms with Crippen LogP contribution in [0.5, 0.6) is 11.5 Å². The van der Waals surface area contributed by atoms with Crippen LogP contribution in [-0.2, 0) is 0 Å². The second kappa shape index (κ2) is 5.01. The topological polar surface area (TPSA) is 87.2 Å². The van der Waals surface area contributed by atoms with E-state index in [4.69, 9.17) is 4.74 Å². The molecule has 0 fully saturated rings. The van der Waals surface area contributed by atoms with Gasteiger partial charge in [0.1, 0.15) is 0 Å². The summed E-state index contributed by atoms with van der Waals surface area (Å²) in [5.74, 6) is -0.0615. The summed E-state index contributed by atoms with van der Waals surface area (Å²) >= 11 is 0. The molecule has 0 saturated heterocycles. The van der Waals surface area contributed by atoms with Crippen LogP contribution in [0.2, 0.25) is 0 Å². The molecule has 0 unspecified atom stereocenters. The average Bonchev–Trinajstić information content (AvgIpc) is 2.70. The van der Waals surface area contributed by atoms with Gasteiger partial charge in [0.25, 0.3) is 5.91 Å². The van der Waals surface area contributed by atoms with Crippen LogP contribution in [0, 0.1) is 13.8 Å². The normalized spacial score (nSPS) is 10.3. The Balaban J connectivity index is 2.23. The van der Waals surface area contributed by atoms with E-state index in [0.29, 0.717) is 22.7 Å². The number of rotatable bonds is 3. The summed E-state index contributed by atoms with van der Waals surface area (Å²) < 4.78 is 4.93. The van der Waals surface area contributed by atoms with Gasteiger partial charge in [0.15, 0.2) is 11.5 Å². The van der Waals surface area contributed by atoms with Crippen molar-refractivity contribution in [2.75, 3.05) is 12.4 Å². The van der Waals surface area contributed by atoms with Crippen LogP contribution in [-0.4, -0.2) is 28.3 Å². The Morgan fingerprint density at radius 2 is 2.16 bits per heavy atom. The molecule has 1 heterocycles. The third-order valence-corrected chi connectivity index (χ3v) is 2.81. The van der Waals surface area contributed by atoms with E-state index in [0.717, 1.165) is 5.69 Å². The number of aromatic nitrogens is 2. The molecule has 19 heavy (non-hydrogen) atoms. The Hall–Kier alpha value is -2.50. The third-order valence-electron chi connectivity index (χ3n) is 2.81. The van der Waals surface area contributed by atoms with Crippen LogP contribution < -0.4 is 10.1 Å². The van der Waals surface area contributed by atoms with Crippen LogP contribution in [0.25, 0.3) is 0 Å². The molecule has 0 aliphatic heterocycles. The molecule has 0 aliphatic carbocycles. The van der Waals surface area contributed by atoms with E-state index in [-0.39, 0.29) is 11.7 Å². The van der Waals surface area contributed by atoms with E-state index in [1.807, 2.05) is 6.92 Å². The number of carbonyl (C=O) groups is 1. The first-order valence-electron chi connectivity index (χ1n) is 5.73. The SMILES string of the molecule is COc1ccc(C(=O)Nc2c(C)n[nH]c2C)cc1O. The van der Waals surface area contributed by atoms with Gasteiger partial charge in [-0.15, -0.1) is 0 Å². The lowest BCUT2D eigenvalue weighted by atomic mass is 10.2. The van der Waals surface area contributed by atoms with E-state index in [1.165, 1.54) is 13.2 Å². The van der Waals surface area contributed by atoms with Crippen LogP contribution in [0.15, 0.2) is 18.2 Å². The Bertz CT molecular complexity index is 600. The molecule has 6 heteroatoms. The zero-order valence-corrected chi connectivity index (χ0v) is 10.9.